The maximum atomic E-state index is 11.4. The molecule has 21 heavy (non-hydrogen) atoms. The molecular weight excluding hydrogens is 334 g/mol. The van der Waals surface area contributed by atoms with Gasteiger partial charge in [-0.3, -0.25) is 14.9 Å². The molecule has 0 bridgehead atoms. The Hall–Kier alpha value is -1.40. The molecule has 120 valence electrons. The van der Waals surface area contributed by atoms with Crippen molar-refractivity contribution in [1.82, 2.24) is 15.2 Å². The van der Waals surface area contributed by atoms with Crippen LogP contribution in [-0.2, 0) is 4.74 Å². The summed E-state index contributed by atoms with van der Waals surface area (Å²) in [5.41, 5.74) is 0.920. The second-order valence-electron chi connectivity index (χ2n) is 3.90. The van der Waals surface area contributed by atoms with Crippen molar-refractivity contribution in [3.63, 3.8) is 0 Å². The summed E-state index contributed by atoms with van der Waals surface area (Å²) >= 11 is 3.30. The van der Waals surface area contributed by atoms with Crippen LogP contribution in [0.25, 0.3) is 6.08 Å². The van der Waals surface area contributed by atoms with Gasteiger partial charge in [0.05, 0.1) is 10.0 Å². The van der Waals surface area contributed by atoms with Crippen LogP contribution in [0, 0.1) is 6.92 Å². The van der Waals surface area contributed by atoms with Gasteiger partial charge in [0.25, 0.3) is 5.56 Å². The lowest BCUT2D eigenvalue weighted by molar-refractivity contribution is 0.215. The molecule has 0 aliphatic heterocycles. The quantitative estimate of drug-likeness (QED) is 0.837. The number of aryl methyl sites for hydroxylation is 1. The first-order chi connectivity index (χ1) is 9.98. The zero-order valence-corrected chi connectivity index (χ0v) is 15.1. The van der Waals surface area contributed by atoms with Crippen LogP contribution in [0.5, 0.6) is 0 Å². The minimum Gasteiger partial charge on any atom is -0.385 e. The molecule has 5 nitrogen and oxygen atoms in total. The molecule has 0 amide bonds. The number of H-pyrrole nitrogens is 2. The molecule has 0 radical (unpaired) electrons. The first kappa shape index (κ1) is 21.9. The van der Waals surface area contributed by atoms with E-state index in [-0.39, 0.29) is 5.56 Å². The standard InChI is InChI=1S/C9H10BrN3O.C3H8O.C3H8/c1-3-7-4-11-5-8(10)6(2)12-13-9(7)14;1-3-4-2;1-3-2/h3-5,12H,1H2,2H3,(H,13,14);3H2,1-2H3;3H2,1-2H3. The number of halogens is 1. The molecule has 1 heterocycles. The van der Waals surface area contributed by atoms with Crippen molar-refractivity contribution in [2.24, 2.45) is 0 Å². The van der Waals surface area contributed by atoms with Crippen LogP contribution in [0.15, 0.2) is 28.2 Å². The second-order valence-corrected chi connectivity index (χ2v) is 4.76. The largest absolute Gasteiger partial charge is 0.385 e. The van der Waals surface area contributed by atoms with Gasteiger partial charge in [-0.1, -0.05) is 32.9 Å². The molecule has 0 fully saturated rings. The van der Waals surface area contributed by atoms with E-state index < -0.39 is 0 Å². The first-order valence-electron chi connectivity index (χ1n) is 6.75. The van der Waals surface area contributed by atoms with Gasteiger partial charge in [0.2, 0.25) is 0 Å². The molecule has 0 aliphatic carbocycles. The van der Waals surface area contributed by atoms with Gasteiger partial charge in [-0.25, -0.2) is 0 Å². The second kappa shape index (κ2) is 15.0. The summed E-state index contributed by atoms with van der Waals surface area (Å²) in [4.78, 5) is 15.3. The van der Waals surface area contributed by atoms with Gasteiger partial charge >= 0.3 is 0 Å². The Labute approximate surface area is 135 Å². The maximum absolute atomic E-state index is 11.4. The van der Waals surface area contributed by atoms with E-state index in [1.54, 1.807) is 13.3 Å². The van der Waals surface area contributed by atoms with Crippen LogP contribution < -0.4 is 5.56 Å². The number of hydrogen-bond donors (Lipinski definition) is 2. The Morgan fingerprint density at radius 3 is 2.29 bits per heavy atom. The molecule has 0 aromatic carbocycles. The van der Waals surface area contributed by atoms with Gasteiger partial charge in [0, 0.05) is 31.8 Å². The Morgan fingerprint density at radius 2 is 1.86 bits per heavy atom. The minimum absolute atomic E-state index is 0.265. The average Bonchev–Trinajstić information content (AvgIpc) is 2.54. The Bertz CT molecular complexity index is 492. The lowest BCUT2D eigenvalue weighted by Crippen LogP contribution is -2.07. The smallest absolute Gasteiger partial charge is 0.271 e. The third-order valence-electron chi connectivity index (χ3n) is 1.89. The van der Waals surface area contributed by atoms with E-state index in [1.807, 2.05) is 13.8 Å². The Morgan fingerprint density at radius 1 is 1.33 bits per heavy atom. The number of aromatic amines is 2. The minimum atomic E-state index is -0.265. The Kier molecular flexibility index (Phi) is 15.6. The highest BCUT2D eigenvalue weighted by Crippen LogP contribution is 2.07. The fourth-order valence-corrected chi connectivity index (χ4v) is 0.984. The molecule has 0 aliphatic rings. The van der Waals surface area contributed by atoms with Crippen LogP contribution in [-0.4, -0.2) is 28.9 Å². The van der Waals surface area contributed by atoms with Crippen LogP contribution in [0.2, 0.25) is 0 Å². The van der Waals surface area contributed by atoms with Gasteiger partial charge in [-0.15, -0.1) is 0 Å². The van der Waals surface area contributed by atoms with Gasteiger partial charge < -0.3 is 9.84 Å². The predicted molar refractivity (Wildman–Crippen MR) is 92.9 cm³/mol. The molecule has 1 aromatic heterocycles. The normalized spacial score (nSPS) is 8.48. The van der Waals surface area contributed by atoms with Crippen molar-refractivity contribution in [1.29, 1.82) is 0 Å². The fourth-order valence-electron chi connectivity index (χ4n) is 0.766. The number of hydrogen-bond acceptors (Lipinski definition) is 3. The van der Waals surface area contributed by atoms with Crippen molar-refractivity contribution in [3.05, 3.63) is 45.1 Å². The van der Waals surface area contributed by atoms with E-state index in [9.17, 15) is 4.79 Å². The molecular formula is C15H26BrN3O2. The van der Waals surface area contributed by atoms with Gasteiger partial charge in [0.1, 0.15) is 0 Å². The lowest BCUT2D eigenvalue weighted by atomic mass is 10.3. The summed E-state index contributed by atoms with van der Waals surface area (Å²) in [5.74, 6) is 0. The summed E-state index contributed by atoms with van der Waals surface area (Å²) in [6.45, 7) is 12.4. The predicted octanol–water partition coefficient (Wildman–Crippen LogP) is 4.01. The van der Waals surface area contributed by atoms with Crippen molar-refractivity contribution in [2.75, 3.05) is 13.7 Å². The number of nitrogens with zero attached hydrogens (tertiary/aromatic N) is 1. The molecule has 6 heteroatoms. The van der Waals surface area contributed by atoms with Crippen molar-refractivity contribution < 1.29 is 4.74 Å². The molecule has 0 atom stereocenters. The maximum Gasteiger partial charge on any atom is 0.271 e. The summed E-state index contributed by atoms with van der Waals surface area (Å²) < 4.78 is 5.32. The highest BCUT2D eigenvalue weighted by molar-refractivity contribution is 9.10. The molecule has 0 saturated carbocycles. The fraction of sp³-hybridized carbons (Fsp3) is 0.467. The summed E-state index contributed by atoms with van der Waals surface area (Å²) in [6, 6.07) is 0. The topological polar surface area (TPSA) is 70.8 Å². The third-order valence-corrected chi connectivity index (χ3v) is 2.69. The monoisotopic (exact) mass is 359 g/mol. The van der Waals surface area contributed by atoms with Gasteiger partial charge in [-0.05, 0) is 29.8 Å². The number of aromatic nitrogens is 3. The highest BCUT2D eigenvalue weighted by Gasteiger charge is 1.91. The van der Waals surface area contributed by atoms with E-state index >= 15 is 0 Å². The molecule has 1 rings (SSSR count). The van der Waals surface area contributed by atoms with E-state index in [0.717, 1.165) is 16.8 Å². The number of ether oxygens (including phenoxy) is 1. The molecule has 0 spiro atoms. The van der Waals surface area contributed by atoms with Crippen molar-refractivity contribution >= 4 is 22.0 Å². The first-order valence-corrected chi connectivity index (χ1v) is 7.55. The lowest BCUT2D eigenvalue weighted by Gasteiger charge is -1.88. The van der Waals surface area contributed by atoms with E-state index in [2.05, 4.69) is 56.3 Å². The van der Waals surface area contributed by atoms with Crippen LogP contribution in [0.4, 0.5) is 0 Å². The highest BCUT2D eigenvalue weighted by atomic mass is 79.9. The van der Waals surface area contributed by atoms with Crippen LogP contribution in [0.1, 0.15) is 38.4 Å². The van der Waals surface area contributed by atoms with Crippen molar-refractivity contribution in [2.45, 2.75) is 34.1 Å². The van der Waals surface area contributed by atoms with E-state index in [1.165, 1.54) is 18.7 Å². The zero-order valence-electron chi connectivity index (χ0n) is 13.5. The summed E-state index contributed by atoms with van der Waals surface area (Å²) in [7, 11) is 1.68. The SMILES string of the molecule is C=Cc1cncc(Br)c(C)[nH][nH]c1=O.CCC.CCOC. The number of rotatable bonds is 2. The molecule has 0 saturated heterocycles. The molecule has 1 aromatic rings. The van der Waals surface area contributed by atoms with E-state index in [0.29, 0.717) is 5.56 Å². The zero-order chi connectivity index (χ0) is 16.7. The van der Waals surface area contributed by atoms with Gasteiger partial charge in [-0.2, -0.15) is 0 Å². The van der Waals surface area contributed by atoms with Crippen LogP contribution in [0.3, 0.4) is 0 Å². The Balaban J connectivity index is 0. The average molecular weight is 360 g/mol. The van der Waals surface area contributed by atoms with Crippen LogP contribution >= 0.6 is 15.9 Å². The number of nitrogens with one attached hydrogen (secondary N) is 2. The molecule has 2 N–H and O–H groups in total. The number of methoxy groups -OCH3 is 1. The van der Waals surface area contributed by atoms with Gasteiger partial charge in [0.15, 0.2) is 0 Å². The van der Waals surface area contributed by atoms with Crippen molar-refractivity contribution in [3.8, 4) is 0 Å². The summed E-state index contributed by atoms with van der Waals surface area (Å²) in [6.07, 6.45) is 5.75. The molecule has 0 unspecified atom stereocenters. The summed E-state index contributed by atoms with van der Waals surface area (Å²) in [5, 5.41) is 5.25. The third kappa shape index (κ3) is 12.1. The van der Waals surface area contributed by atoms with E-state index in [4.69, 9.17) is 0 Å².